The Bertz CT molecular complexity index is 711. The Morgan fingerprint density at radius 2 is 2.04 bits per heavy atom. The topological polar surface area (TPSA) is 57.3 Å². The van der Waals surface area contributed by atoms with Gasteiger partial charge in [-0.1, -0.05) is 38.1 Å². The fraction of sp³-hybridized carbons (Fsp3) is 0.474. The minimum atomic E-state index is -0.165. The van der Waals surface area contributed by atoms with E-state index in [-0.39, 0.29) is 12.1 Å². The zero-order valence-electron chi connectivity index (χ0n) is 14.9. The third-order valence-electron chi connectivity index (χ3n) is 4.69. The first-order valence-electron chi connectivity index (χ1n) is 8.99. The van der Waals surface area contributed by atoms with Crippen molar-refractivity contribution < 1.29 is 4.79 Å². The van der Waals surface area contributed by atoms with Crippen LogP contribution in [0.4, 0.5) is 9.93 Å². The molecule has 0 atom stereocenters. The van der Waals surface area contributed by atoms with E-state index in [0.717, 1.165) is 44.6 Å². The smallest absolute Gasteiger partial charge is 0.321 e. The third-order valence-corrected chi connectivity index (χ3v) is 5.49. The molecule has 0 radical (unpaired) electrons. The molecule has 5 nitrogen and oxygen atoms in total. The molecule has 1 aromatic carbocycles. The number of urea groups is 1. The van der Waals surface area contributed by atoms with Gasteiger partial charge in [0, 0.05) is 31.1 Å². The zero-order chi connectivity index (χ0) is 17.6. The van der Waals surface area contributed by atoms with Crippen molar-refractivity contribution in [3.8, 4) is 0 Å². The van der Waals surface area contributed by atoms with E-state index in [0.29, 0.717) is 5.13 Å². The summed E-state index contributed by atoms with van der Waals surface area (Å²) in [5, 5.41) is 8.52. The second-order valence-electron chi connectivity index (χ2n) is 6.49. The second kappa shape index (κ2) is 8.45. The van der Waals surface area contributed by atoms with Crippen molar-refractivity contribution in [2.24, 2.45) is 0 Å². The molecule has 6 heteroatoms. The van der Waals surface area contributed by atoms with Crippen LogP contribution in [0.1, 0.15) is 43.5 Å². The number of hydrogen-bond donors (Lipinski definition) is 2. The molecule has 0 spiro atoms. The van der Waals surface area contributed by atoms with Gasteiger partial charge in [-0.2, -0.15) is 0 Å². The summed E-state index contributed by atoms with van der Waals surface area (Å²) >= 11 is 1.48. The van der Waals surface area contributed by atoms with Crippen molar-refractivity contribution in [2.75, 3.05) is 11.9 Å². The molecular formula is C19H26N4OS. The van der Waals surface area contributed by atoms with Crippen LogP contribution in [0, 0.1) is 0 Å². The van der Waals surface area contributed by atoms with E-state index in [1.54, 1.807) is 0 Å². The highest BCUT2D eigenvalue weighted by atomic mass is 32.1. The fourth-order valence-electron chi connectivity index (χ4n) is 3.17. The Morgan fingerprint density at radius 3 is 2.80 bits per heavy atom. The maximum absolute atomic E-state index is 12.0. The molecule has 0 saturated heterocycles. The quantitative estimate of drug-likeness (QED) is 0.820. The van der Waals surface area contributed by atoms with E-state index in [1.807, 2.05) is 5.38 Å². The summed E-state index contributed by atoms with van der Waals surface area (Å²) in [7, 11) is 0. The van der Waals surface area contributed by atoms with Crippen LogP contribution in [0.5, 0.6) is 0 Å². The number of hydrogen-bond acceptors (Lipinski definition) is 4. The molecule has 3 rings (SSSR count). The molecule has 0 saturated carbocycles. The van der Waals surface area contributed by atoms with Gasteiger partial charge in [-0.15, -0.1) is 11.3 Å². The minimum absolute atomic E-state index is 0.165. The molecule has 2 heterocycles. The number of anilines is 1. The van der Waals surface area contributed by atoms with E-state index in [4.69, 9.17) is 0 Å². The first kappa shape index (κ1) is 17.9. The number of benzene rings is 1. The number of nitrogens with one attached hydrogen (secondary N) is 2. The van der Waals surface area contributed by atoms with Gasteiger partial charge in [0.25, 0.3) is 0 Å². The molecule has 1 aliphatic rings. The van der Waals surface area contributed by atoms with Crippen LogP contribution in [-0.4, -0.2) is 28.5 Å². The Balaban J connectivity index is 1.53. The Hall–Kier alpha value is -1.92. The lowest BCUT2D eigenvalue weighted by atomic mass is 10.00. The summed E-state index contributed by atoms with van der Waals surface area (Å²) in [6, 6.07) is 8.69. The van der Waals surface area contributed by atoms with Crippen LogP contribution in [-0.2, 0) is 19.5 Å². The second-order valence-corrected chi connectivity index (χ2v) is 7.34. The van der Waals surface area contributed by atoms with Gasteiger partial charge in [-0.05, 0) is 30.4 Å². The molecule has 1 aromatic heterocycles. The largest absolute Gasteiger partial charge is 0.335 e. The summed E-state index contributed by atoms with van der Waals surface area (Å²) < 4.78 is 0. The van der Waals surface area contributed by atoms with Crippen LogP contribution in [0.15, 0.2) is 29.6 Å². The van der Waals surface area contributed by atoms with E-state index in [2.05, 4.69) is 58.6 Å². The van der Waals surface area contributed by atoms with Gasteiger partial charge in [0.05, 0.1) is 5.69 Å². The molecule has 25 heavy (non-hydrogen) atoms. The number of carbonyl (C=O) groups is 1. The average molecular weight is 359 g/mol. The van der Waals surface area contributed by atoms with Crippen LogP contribution in [0.3, 0.4) is 0 Å². The highest BCUT2D eigenvalue weighted by Gasteiger charge is 2.17. The lowest BCUT2D eigenvalue weighted by molar-refractivity contribution is 0.243. The highest BCUT2D eigenvalue weighted by Crippen LogP contribution is 2.22. The number of amides is 2. The van der Waals surface area contributed by atoms with E-state index < -0.39 is 0 Å². The van der Waals surface area contributed by atoms with Gasteiger partial charge in [0.2, 0.25) is 0 Å². The van der Waals surface area contributed by atoms with Gasteiger partial charge < -0.3 is 5.32 Å². The maximum atomic E-state index is 12.0. The summed E-state index contributed by atoms with van der Waals surface area (Å²) in [5.41, 5.74) is 3.88. The van der Waals surface area contributed by atoms with Gasteiger partial charge >= 0.3 is 6.03 Å². The summed E-state index contributed by atoms with van der Waals surface area (Å²) in [6.07, 6.45) is 2.95. The van der Waals surface area contributed by atoms with Crippen molar-refractivity contribution in [2.45, 2.75) is 52.2 Å². The first-order chi connectivity index (χ1) is 12.2. The SMILES string of the molecule is CCC(CC)NC(=O)Nc1nc(CN2CCc3ccccc3C2)cs1. The van der Waals surface area contributed by atoms with Gasteiger partial charge in [-0.25, -0.2) is 9.78 Å². The van der Waals surface area contributed by atoms with E-state index in [9.17, 15) is 4.79 Å². The lowest BCUT2D eigenvalue weighted by Crippen LogP contribution is -2.37. The molecule has 0 unspecified atom stereocenters. The highest BCUT2D eigenvalue weighted by molar-refractivity contribution is 7.13. The lowest BCUT2D eigenvalue weighted by Gasteiger charge is -2.27. The third kappa shape index (κ3) is 4.80. The number of carbonyl (C=O) groups excluding carboxylic acids is 1. The molecule has 2 aromatic rings. The summed E-state index contributed by atoms with van der Waals surface area (Å²) in [5.74, 6) is 0. The van der Waals surface area contributed by atoms with Crippen molar-refractivity contribution >= 4 is 22.5 Å². The number of thiazole rings is 1. The standard InChI is InChI=1S/C19H26N4OS/c1-3-16(4-2)20-18(24)22-19-21-17(13-25-19)12-23-10-9-14-7-5-6-8-15(14)11-23/h5-8,13,16H,3-4,9-12H2,1-2H3,(H2,20,21,22,24). The number of rotatable bonds is 6. The molecule has 2 N–H and O–H groups in total. The van der Waals surface area contributed by atoms with Crippen LogP contribution in [0.25, 0.3) is 0 Å². The van der Waals surface area contributed by atoms with Gasteiger partial charge in [-0.3, -0.25) is 10.2 Å². The van der Waals surface area contributed by atoms with Gasteiger partial charge in [0.15, 0.2) is 5.13 Å². The van der Waals surface area contributed by atoms with Crippen molar-refractivity contribution in [1.29, 1.82) is 0 Å². The monoisotopic (exact) mass is 358 g/mol. The predicted octanol–water partition coefficient (Wildman–Crippen LogP) is 4.01. The molecule has 0 bridgehead atoms. The van der Waals surface area contributed by atoms with Gasteiger partial charge in [0.1, 0.15) is 0 Å². The van der Waals surface area contributed by atoms with Crippen LogP contribution < -0.4 is 10.6 Å². The van der Waals surface area contributed by atoms with Crippen LogP contribution >= 0.6 is 11.3 Å². The molecule has 0 aliphatic carbocycles. The normalized spacial score (nSPS) is 14.4. The van der Waals surface area contributed by atoms with Crippen molar-refractivity contribution in [3.05, 3.63) is 46.5 Å². The zero-order valence-corrected chi connectivity index (χ0v) is 15.7. The molecule has 0 fully saturated rings. The number of aromatic nitrogens is 1. The Kier molecular flexibility index (Phi) is 6.04. The first-order valence-corrected chi connectivity index (χ1v) is 9.87. The fourth-order valence-corrected chi connectivity index (χ4v) is 3.86. The minimum Gasteiger partial charge on any atom is -0.335 e. The van der Waals surface area contributed by atoms with Crippen LogP contribution in [0.2, 0.25) is 0 Å². The molecule has 2 amide bonds. The van der Waals surface area contributed by atoms with Crippen molar-refractivity contribution in [1.82, 2.24) is 15.2 Å². The summed E-state index contributed by atoms with van der Waals surface area (Å²) in [6.45, 7) is 6.98. The predicted molar refractivity (Wildman–Crippen MR) is 103 cm³/mol. The Morgan fingerprint density at radius 1 is 1.28 bits per heavy atom. The van der Waals surface area contributed by atoms with E-state index in [1.165, 1.54) is 22.5 Å². The number of fused-ring (bicyclic) bond motifs is 1. The molecular weight excluding hydrogens is 332 g/mol. The Labute approximate surface area is 153 Å². The number of nitrogens with zero attached hydrogens (tertiary/aromatic N) is 2. The molecule has 134 valence electrons. The van der Waals surface area contributed by atoms with E-state index >= 15 is 0 Å². The average Bonchev–Trinajstić information content (AvgIpc) is 3.06. The van der Waals surface area contributed by atoms with Crippen molar-refractivity contribution in [3.63, 3.8) is 0 Å². The maximum Gasteiger partial charge on any atom is 0.321 e. The molecule has 1 aliphatic heterocycles. The summed E-state index contributed by atoms with van der Waals surface area (Å²) in [4.78, 5) is 19.0.